The van der Waals surface area contributed by atoms with Crippen molar-refractivity contribution >= 4 is 16.5 Å². The van der Waals surface area contributed by atoms with Gasteiger partial charge < -0.3 is 10.1 Å². The van der Waals surface area contributed by atoms with Crippen LogP contribution in [0.2, 0.25) is 0 Å². The van der Waals surface area contributed by atoms with E-state index >= 15 is 0 Å². The summed E-state index contributed by atoms with van der Waals surface area (Å²) < 4.78 is 2.25. The van der Waals surface area contributed by atoms with Crippen LogP contribution >= 0.6 is 0 Å². The number of phenols is 1. The van der Waals surface area contributed by atoms with Crippen molar-refractivity contribution in [1.82, 2.24) is 19.7 Å². The minimum Gasteiger partial charge on any atom is -0.508 e. The second kappa shape index (κ2) is 8.31. The Balaban J connectivity index is 1.21. The number of aromatic nitrogens is 3. The number of aromatic amines is 1. The maximum atomic E-state index is 9.85. The number of H-pyrrole nitrogens is 1. The normalized spacial score (nSPS) is 18.8. The topological polar surface area (TPSA) is 57.1 Å². The van der Waals surface area contributed by atoms with E-state index in [2.05, 4.69) is 40.0 Å². The number of hydrogen-bond donors (Lipinski definition) is 2. The highest BCUT2D eigenvalue weighted by Crippen LogP contribution is 2.31. The highest BCUT2D eigenvalue weighted by atomic mass is 16.3. The highest BCUT2D eigenvalue weighted by Gasteiger charge is 2.19. The van der Waals surface area contributed by atoms with Crippen LogP contribution in [0.1, 0.15) is 61.4 Å². The Morgan fingerprint density at radius 1 is 1.20 bits per heavy atom. The molecule has 1 aromatic carbocycles. The highest BCUT2D eigenvalue weighted by molar-refractivity contribution is 5.93. The number of nitrogens with one attached hydrogen (secondary N) is 1. The van der Waals surface area contributed by atoms with E-state index in [4.69, 9.17) is 5.10 Å². The Bertz CT molecular complexity index is 1050. The van der Waals surface area contributed by atoms with Crippen molar-refractivity contribution in [3.63, 3.8) is 0 Å². The maximum absolute atomic E-state index is 9.85. The lowest BCUT2D eigenvalue weighted by atomic mass is 9.96. The van der Waals surface area contributed by atoms with Crippen molar-refractivity contribution in [2.45, 2.75) is 57.9 Å². The van der Waals surface area contributed by atoms with Crippen molar-refractivity contribution in [2.75, 3.05) is 19.6 Å². The molecule has 2 aromatic heterocycles. The van der Waals surface area contributed by atoms with Gasteiger partial charge in [0.2, 0.25) is 0 Å². The molecule has 30 heavy (non-hydrogen) atoms. The van der Waals surface area contributed by atoms with Crippen LogP contribution in [-0.2, 0) is 6.42 Å². The Morgan fingerprint density at radius 3 is 2.87 bits per heavy atom. The molecule has 1 aliphatic heterocycles. The van der Waals surface area contributed by atoms with Crippen LogP contribution < -0.4 is 0 Å². The van der Waals surface area contributed by atoms with Gasteiger partial charge in [-0.15, -0.1) is 0 Å². The number of benzene rings is 1. The van der Waals surface area contributed by atoms with Crippen molar-refractivity contribution in [3.8, 4) is 5.75 Å². The van der Waals surface area contributed by atoms with Gasteiger partial charge in [-0.2, -0.15) is 5.10 Å². The molecule has 1 fully saturated rings. The van der Waals surface area contributed by atoms with E-state index in [-0.39, 0.29) is 0 Å². The van der Waals surface area contributed by atoms with E-state index in [1.54, 1.807) is 6.07 Å². The molecule has 0 saturated heterocycles. The van der Waals surface area contributed by atoms with E-state index in [0.717, 1.165) is 43.4 Å². The molecular formula is C25H32N4O. The molecule has 5 heteroatoms. The number of nitrogens with zero attached hydrogens (tertiary/aromatic N) is 3. The molecule has 0 unspecified atom stereocenters. The van der Waals surface area contributed by atoms with E-state index in [9.17, 15) is 5.11 Å². The summed E-state index contributed by atoms with van der Waals surface area (Å²) in [5, 5.41) is 15.8. The number of hydrogen-bond acceptors (Lipinski definition) is 3. The van der Waals surface area contributed by atoms with Gasteiger partial charge in [-0.25, -0.2) is 0 Å². The van der Waals surface area contributed by atoms with Crippen LogP contribution in [0.3, 0.4) is 0 Å². The van der Waals surface area contributed by atoms with E-state index in [0.29, 0.717) is 11.8 Å². The van der Waals surface area contributed by atoms with Crippen LogP contribution in [0.5, 0.6) is 5.75 Å². The van der Waals surface area contributed by atoms with E-state index < -0.39 is 0 Å². The number of rotatable bonds is 5. The largest absolute Gasteiger partial charge is 0.508 e. The monoisotopic (exact) mass is 404 g/mol. The number of fused-ring (bicyclic) bond motifs is 1. The first-order valence-electron chi connectivity index (χ1n) is 11.4. The first-order valence-corrected chi connectivity index (χ1v) is 11.4. The van der Waals surface area contributed by atoms with Gasteiger partial charge in [-0.3, -0.25) is 9.58 Å². The lowest BCUT2D eigenvalue weighted by molar-refractivity contribution is 0.305. The zero-order chi connectivity index (χ0) is 20.5. The minimum absolute atomic E-state index is 0.325. The average molecular weight is 405 g/mol. The molecule has 3 aromatic rings. The predicted octanol–water partition coefficient (Wildman–Crippen LogP) is 5.22. The van der Waals surface area contributed by atoms with Gasteiger partial charge in [-0.05, 0) is 61.9 Å². The fraction of sp³-hybridized carbons (Fsp3) is 0.480. The van der Waals surface area contributed by atoms with Crippen LogP contribution in [0, 0.1) is 6.92 Å². The fourth-order valence-electron chi connectivity index (χ4n) is 5.11. The third-order valence-corrected chi connectivity index (χ3v) is 6.97. The first-order chi connectivity index (χ1) is 14.7. The van der Waals surface area contributed by atoms with Crippen molar-refractivity contribution in [3.05, 3.63) is 53.5 Å². The van der Waals surface area contributed by atoms with Gasteiger partial charge in [0, 0.05) is 48.5 Å². The Hall–Kier alpha value is -2.53. The van der Waals surface area contributed by atoms with Crippen molar-refractivity contribution < 1.29 is 5.11 Å². The van der Waals surface area contributed by atoms with E-state index in [1.807, 2.05) is 12.1 Å². The summed E-state index contributed by atoms with van der Waals surface area (Å²) in [7, 11) is 0. The molecule has 5 rings (SSSR count). The fourth-order valence-corrected chi connectivity index (χ4v) is 5.11. The smallest absolute Gasteiger partial charge is 0.116 e. The van der Waals surface area contributed by atoms with Crippen LogP contribution in [0.4, 0.5) is 0 Å². The summed E-state index contributed by atoms with van der Waals surface area (Å²) in [4.78, 5) is 5.87. The van der Waals surface area contributed by atoms with Gasteiger partial charge in [0.05, 0.1) is 11.7 Å². The second-order valence-electron chi connectivity index (χ2n) is 8.97. The molecule has 0 atom stereocenters. The molecule has 0 radical (unpaired) electrons. The van der Waals surface area contributed by atoms with Crippen LogP contribution in [0.15, 0.2) is 36.7 Å². The summed E-state index contributed by atoms with van der Waals surface area (Å²) >= 11 is 0. The Morgan fingerprint density at radius 2 is 2.07 bits per heavy atom. The SMILES string of the molecule is Cc1nn(C2CCCCC2)cc1CCN1CC=C(c2c[nH]c3ccc(O)cc23)CC1. The molecule has 1 saturated carbocycles. The summed E-state index contributed by atoms with van der Waals surface area (Å²) in [5.74, 6) is 0.325. The van der Waals surface area contributed by atoms with Crippen LogP contribution in [0.25, 0.3) is 16.5 Å². The second-order valence-corrected chi connectivity index (χ2v) is 8.97. The summed E-state index contributed by atoms with van der Waals surface area (Å²) in [6, 6.07) is 6.15. The molecule has 0 bridgehead atoms. The Labute approximate surface area is 178 Å². The van der Waals surface area contributed by atoms with Gasteiger partial charge >= 0.3 is 0 Å². The van der Waals surface area contributed by atoms with Gasteiger partial charge in [0.1, 0.15) is 5.75 Å². The maximum Gasteiger partial charge on any atom is 0.116 e. The molecule has 0 spiro atoms. The molecule has 2 aliphatic rings. The number of aryl methyl sites for hydroxylation is 1. The number of aromatic hydroxyl groups is 1. The lowest BCUT2D eigenvalue weighted by Gasteiger charge is -2.26. The zero-order valence-electron chi connectivity index (χ0n) is 17.9. The lowest BCUT2D eigenvalue weighted by Crippen LogP contribution is -2.30. The van der Waals surface area contributed by atoms with Crippen LogP contribution in [-0.4, -0.2) is 44.4 Å². The van der Waals surface area contributed by atoms with Gasteiger partial charge in [-0.1, -0.05) is 25.3 Å². The molecule has 1 aliphatic carbocycles. The first kappa shape index (κ1) is 19.4. The molecule has 2 N–H and O–H groups in total. The summed E-state index contributed by atoms with van der Waals surface area (Å²) in [6.45, 7) is 5.30. The van der Waals surface area contributed by atoms with E-state index in [1.165, 1.54) is 54.5 Å². The van der Waals surface area contributed by atoms with Gasteiger partial charge in [0.25, 0.3) is 0 Å². The van der Waals surface area contributed by atoms with Gasteiger partial charge in [0.15, 0.2) is 0 Å². The summed E-state index contributed by atoms with van der Waals surface area (Å²) in [5.41, 5.74) is 6.29. The third kappa shape index (κ3) is 3.91. The molecular weight excluding hydrogens is 372 g/mol. The quantitative estimate of drug-likeness (QED) is 0.613. The van der Waals surface area contributed by atoms with Crippen molar-refractivity contribution in [2.24, 2.45) is 0 Å². The third-order valence-electron chi connectivity index (χ3n) is 6.97. The average Bonchev–Trinajstić information content (AvgIpc) is 3.36. The molecule has 158 valence electrons. The molecule has 3 heterocycles. The predicted molar refractivity (Wildman–Crippen MR) is 122 cm³/mol. The Kier molecular flexibility index (Phi) is 5.38. The molecule has 0 amide bonds. The summed E-state index contributed by atoms with van der Waals surface area (Å²) in [6.07, 6.45) is 15.5. The standard InChI is InChI=1S/C25H32N4O/c1-18-20(17-29(27-18)21-5-3-2-4-6-21)11-14-28-12-9-19(10-13-28)24-16-26-25-8-7-22(30)15-23(24)25/h7-9,15-17,21,26,30H,2-6,10-14H2,1H3. The molecule has 5 nitrogen and oxygen atoms in total. The zero-order valence-corrected chi connectivity index (χ0v) is 17.9. The van der Waals surface area contributed by atoms with Crippen molar-refractivity contribution in [1.29, 1.82) is 0 Å². The minimum atomic E-state index is 0.325. The number of phenolic OH excluding ortho intramolecular Hbond substituents is 1.